The second-order valence-electron chi connectivity index (χ2n) is 5.63. The fourth-order valence-corrected chi connectivity index (χ4v) is 2.35. The van der Waals surface area contributed by atoms with Crippen LogP contribution in [0.2, 0.25) is 5.02 Å². The number of hydrogen-bond acceptors (Lipinski definition) is 5. The van der Waals surface area contributed by atoms with Crippen LogP contribution in [0.15, 0.2) is 60.9 Å². The summed E-state index contributed by atoms with van der Waals surface area (Å²) in [5, 5.41) is 9.10. The Kier molecular flexibility index (Phi) is 5.63. The Bertz CT molecular complexity index is 941. The molecule has 0 radical (unpaired) electrons. The fraction of sp³-hybridized carbons (Fsp3) is 0.0526. The number of halogens is 1. The van der Waals surface area contributed by atoms with E-state index in [4.69, 9.17) is 11.6 Å². The first kappa shape index (κ1) is 18.3. The van der Waals surface area contributed by atoms with Gasteiger partial charge in [0, 0.05) is 29.0 Å². The molecule has 3 aromatic rings. The molecule has 8 heteroatoms. The molecule has 0 aliphatic carbocycles. The lowest BCUT2D eigenvalue weighted by atomic mass is 10.2. The van der Waals surface area contributed by atoms with Crippen molar-refractivity contribution < 1.29 is 9.59 Å². The molecule has 0 saturated carbocycles. The Labute approximate surface area is 160 Å². The van der Waals surface area contributed by atoms with Crippen molar-refractivity contribution in [3.05, 3.63) is 71.6 Å². The highest BCUT2D eigenvalue weighted by Gasteiger charge is 2.09. The van der Waals surface area contributed by atoms with Crippen molar-refractivity contribution in [1.29, 1.82) is 0 Å². The second kappa shape index (κ2) is 8.29. The van der Waals surface area contributed by atoms with E-state index >= 15 is 0 Å². The molecule has 0 aliphatic heterocycles. The summed E-state index contributed by atoms with van der Waals surface area (Å²) in [7, 11) is 0. The average Bonchev–Trinajstić information content (AvgIpc) is 2.65. The molecule has 27 heavy (non-hydrogen) atoms. The molecule has 3 rings (SSSR count). The van der Waals surface area contributed by atoms with Crippen LogP contribution in [0.5, 0.6) is 0 Å². The highest BCUT2D eigenvalue weighted by atomic mass is 35.5. The third-order valence-corrected chi connectivity index (χ3v) is 3.72. The van der Waals surface area contributed by atoms with Crippen LogP contribution in [0.1, 0.15) is 17.4 Å². The van der Waals surface area contributed by atoms with Gasteiger partial charge in [0.1, 0.15) is 11.5 Å². The Morgan fingerprint density at radius 2 is 1.41 bits per heavy atom. The summed E-state index contributed by atoms with van der Waals surface area (Å²) in [4.78, 5) is 31.6. The van der Waals surface area contributed by atoms with Crippen molar-refractivity contribution in [3.63, 3.8) is 0 Å². The summed E-state index contributed by atoms with van der Waals surface area (Å²) in [6.07, 6.45) is 2.86. The lowest BCUT2D eigenvalue weighted by molar-refractivity contribution is -0.114. The molecule has 2 amide bonds. The van der Waals surface area contributed by atoms with Gasteiger partial charge in [0.2, 0.25) is 5.91 Å². The Morgan fingerprint density at radius 3 is 1.96 bits per heavy atom. The number of rotatable bonds is 5. The summed E-state index contributed by atoms with van der Waals surface area (Å²) in [6, 6.07) is 13.9. The first-order valence-corrected chi connectivity index (χ1v) is 8.41. The standard InChI is InChI=1S/C19H16ClN5O2/c1-12(26)23-14-6-8-16(9-7-14)25-19(27)17-10-22-18(11-21-17)24-15-4-2-13(20)3-5-15/h2-11H,1H3,(H,22,24)(H,23,26)(H,25,27). The number of hydrogen-bond donors (Lipinski definition) is 3. The van der Waals surface area contributed by atoms with Crippen LogP contribution in [0.4, 0.5) is 22.9 Å². The van der Waals surface area contributed by atoms with Crippen LogP contribution in [0, 0.1) is 0 Å². The zero-order chi connectivity index (χ0) is 19.2. The molecule has 0 atom stereocenters. The van der Waals surface area contributed by atoms with Crippen molar-refractivity contribution in [1.82, 2.24) is 9.97 Å². The van der Waals surface area contributed by atoms with Gasteiger partial charge in [-0.1, -0.05) is 11.6 Å². The van der Waals surface area contributed by atoms with Crippen molar-refractivity contribution in [2.45, 2.75) is 6.92 Å². The minimum absolute atomic E-state index is 0.158. The number of nitrogens with one attached hydrogen (secondary N) is 3. The van der Waals surface area contributed by atoms with E-state index < -0.39 is 0 Å². The van der Waals surface area contributed by atoms with Crippen molar-refractivity contribution in [2.24, 2.45) is 0 Å². The van der Waals surface area contributed by atoms with Crippen LogP contribution in [0.3, 0.4) is 0 Å². The summed E-state index contributed by atoms with van der Waals surface area (Å²) in [5.74, 6) is -0.0317. The second-order valence-corrected chi connectivity index (χ2v) is 6.07. The maximum atomic E-state index is 12.3. The molecule has 0 spiro atoms. The minimum Gasteiger partial charge on any atom is -0.339 e. The van der Waals surface area contributed by atoms with Gasteiger partial charge in [-0.2, -0.15) is 0 Å². The number of carbonyl (C=O) groups is 2. The van der Waals surface area contributed by atoms with E-state index in [0.29, 0.717) is 22.2 Å². The van der Waals surface area contributed by atoms with Gasteiger partial charge in [-0.05, 0) is 48.5 Å². The topological polar surface area (TPSA) is 96.0 Å². The van der Waals surface area contributed by atoms with E-state index in [-0.39, 0.29) is 17.5 Å². The highest BCUT2D eigenvalue weighted by Crippen LogP contribution is 2.17. The predicted octanol–water partition coefficient (Wildman–Crippen LogP) is 4.08. The lowest BCUT2D eigenvalue weighted by Gasteiger charge is -2.08. The van der Waals surface area contributed by atoms with Gasteiger partial charge in [0.05, 0.1) is 12.4 Å². The molecule has 2 aromatic carbocycles. The Morgan fingerprint density at radius 1 is 0.815 bits per heavy atom. The Hall–Kier alpha value is -3.45. The van der Waals surface area contributed by atoms with Crippen molar-refractivity contribution in [3.8, 4) is 0 Å². The first-order valence-electron chi connectivity index (χ1n) is 8.03. The lowest BCUT2D eigenvalue weighted by Crippen LogP contribution is -2.14. The molecule has 0 aliphatic rings. The molecule has 1 heterocycles. The number of benzene rings is 2. The van der Waals surface area contributed by atoms with E-state index in [1.54, 1.807) is 36.4 Å². The molecule has 7 nitrogen and oxygen atoms in total. The van der Waals surface area contributed by atoms with Crippen LogP contribution in [-0.2, 0) is 4.79 Å². The molecular weight excluding hydrogens is 366 g/mol. The zero-order valence-electron chi connectivity index (χ0n) is 14.4. The van der Waals surface area contributed by atoms with E-state index in [1.807, 2.05) is 12.1 Å². The predicted molar refractivity (Wildman–Crippen MR) is 105 cm³/mol. The van der Waals surface area contributed by atoms with Crippen LogP contribution in [0.25, 0.3) is 0 Å². The van der Waals surface area contributed by atoms with Crippen LogP contribution in [-0.4, -0.2) is 21.8 Å². The zero-order valence-corrected chi connectivity index (χ0v) is 15.1. The van der Waals surface area contributed by atoms with E-state index in [0.717, 1.165) is 5.69 Å². The molecule has 0 unspecified atom stereocenters. The highest BCUT2D eigenvalue weighted by molar-refractivity contribution is 6.30. The molecule has 0 saturated heterocycles. The third kappa shape index (κ3) is 5.26. The maximum absolute atomic E-state index is 12.3. The molecule has 0 bridgehead atoms. The summed E-state index contributed by atoms with van der Waals surface area (Å²) < 4.78 is 0. The van der Waals surface area contributed by atoms with E-state index in [1.165, 1.54) is 19.3 Å². The van der Waals surface area contributed by atoms with Gasteiger partial charge in [-0.25, -0.2) is 9.97 Å². The largest absolute Gasteiger partial charge is 0.339 e. The van der Waals surface area contributed by atoms with Gasteiger partial charge >= 0.3 is 0 Å². The van der Waals surface area contributed by atoms with Crippen LogP contribution >= 0.6 is 11.6 Å². The SMILES string of the molecule is CC(=O)Nc1ccc(NC(=O)c2cnc(Nc3ccc(Cl)cc3)cn2)cc1. The fourth-order valence-electron chi connectivity index (χ4n) is 2.23. The maximum Gasteiger partial charge on any atom is 0.275 e. The van der Waals surface area contributed by atoms with E-state index in [2.05, 4.69) is 25.9 Å². The summed E-state index contributed by atoms with van der Waals surface area (Å²) >= 11 is 5.85. The Balaban J connectivity index is 1.61. The number of nitrogens with zero attached hydrogens (tertiary/aromatic N) is 2. The molecule has 136 valence electrons. The number of anilines is 4. The number of amides is 2. The number of carbonyl (C=O) groups excluding carboxylic acids is 2. The monoisotopic (exact) mass is 381 g/mol. The van der Waals surface area contributed by atoms with Crippen molar-refractivity contribution >= 4 is 46.3 Å². The quantitative estimate of drug-likeness (QED) is 0.618. The third-order valence-electron chi connectivity index (χ3n) is 3.46. The van der Waals surface area contributed by atoms with Gasteiger partial charge in [0.25, 0.3) is 5.91 Å². The minimum atomic E-state index is -0.382. The molecular formula is C19H16ClN5O2. The van der Waals surface area contributed by atoms with Gasteiger partial charge < -0.3 is 16.0 Å². The van der Waals surface area contributed by atoms with Gasteiger partial charge in [0.15, 0.2) is 0 Å². The summed E-state index contributed by atoms with van der Waals surface area (Å²) in [6.45, 7) is 1.43. The smallest absolute Gasteiger partial charge is 0.275 e. The molecule has 0 fully saturated rings. The first-order chi connectivity index (χ1) is 13.0. The normalized spacial score (nSPS) is 10.1. The van der Waals surface area contributed by atoms with Gasteiger partial charge in [-0.3, -0.25) is 9.59 Å². The summed E-state index contributed by atoms with van der Waals surface area (Å²) in [5.41, 5.74) is 2.23. The van der Waals surface area contributed by atoms with Crippen molar-refractivity contribution in [2.75, 3.05) is 16.0 Å². The van der Waals surface area contributed by atoms with E-state index in [9.17, 15) is 9.59 Å². The molecule has 1 aromatic heterocycles. The molecule has 3 N–H and O–H groups in total. The van der Waals surface area contributed by atoms with Gasteiger partial charge in [-0.15, -0.1) is 0 Å². The number of aromatic nitrogens is 2. The average molecular weight is 382 g/mol. The van der Waals surface area contributed by atoms with Crippen LogP contribution < -0.4 is 16.0 Å².